The molecule has 0 unspecified atom stereocenters. The lowest BCUT2D eigenvalue weighted by molar-refractivity contribution is 0.102. The highest BCUT2D eigenvalue weighted by Gasteiger charge is 2.08. The van der Waals surface area contributed by atoms with Crippen molar-refractivity contribution in [1.82, 2.24) is 0 Å². The molecule has 2 N–H and O–H groups in total. The lowest BCUT2D eigenvalue weighted by Gasteiger charge is -2.08. The van der Waals surface area contributed by atoms with Gasteiger partial charge < -0.3 is 10.4 Å². The number of carbonyl (C=O) groups excluding carboxylic acids is 1. The predicted molar refractivity (Wildman–Crippen MR) is 74.9 cm³/mol. The number of hydrogen-bond donors (Lipinski definition) is 2. The van der Waals surface area contributed by atoms with Crippen LogP contribution in [0.5, 0.6) is 5.75 Å². The quantitative estimate of drug-likeness (QED) is 0.831. The SMILES string of the molecule is Cc1ccc(NC(=O)c2ccc(Br)cc2)c(O)c1. The van der Waals surface area contributed by atoms with Crippen LogP contribution in [-0.2, 0) is 0 Å². The van der Waals surface area contributed by atoms with Gasteiger partial charge in [0.15, 0.2) is 0 Å². The Morgan fingerprint density at radius 2 is 1.83 bits per heavy atom. The number of nitrogens with one attached hydrogen (secondary N) is 1. The molecule has 0 aliphatic heterocycles. The maximum atomic E-state index is 11.9. The first-order valence-electron chi connectivity index (χ1n) is 5.43. The second-order valence-corrected chi connectivity index (χ2v) is 4.90. The van der Waals surface area contributed by atoms with Crippen LogP contribution >= 0.6 is 15.9 Å². The Balaban J connectivity index is 2.18. The van der Waals surface area contributed by atoms with Gasteiger partial charge in [0.1, 0.15) is 5.75 Å². The van der Waals surface area contributed by atoms with Gasteiger partial charge >= 0.3 is 0 Å². The number of aryl methyl sites for hydroxylation is 1. The van der Waals surface area contributed by atoms with Gasteiger partial charge in [-0.25, -0.2) is 0 Å². The number of carbonyl (C=O) groups is 1. The number of anilines is 1. The lowest BCUT2D eigenvalue weighted by Crippen LogP contribution is -2.11. The minimum absolute atomic E-state index is 0.0699. The van der Waals surface area contributed by atoms with Crippen LogP contribution in [0, 0.1) is 6.92 Å². The fourth-order valence-electron chi connectivity index (χ4n) is 1.54. The van der Waals surface area contributed by atoms with Crippen molar-refractivity contribution in [2.75, 3.05) is 5.32 Å². The Hall–Kier alpha value is -1.81. The van der Waals surface area contributed by atoms with E-state index in [0.29, 0.717) is 11.3 Å². The van der Waals surface area contributed by atoms with Gasteiger partial charge in [-0.1, -0.05) is 22.0 Å². The highest BCUT2D eigenvalue weighted by atomic mass is 79.9. The van der Waals surface area contributed by atoms with Crippen LogP contribution in [0.4, 0.5) is 5.69 Å². The molecular weight excluding hydrogens is 294 g/mol. The molecule has 0 aliphatic carbocycles. The van der Waals surface area contributed by atoms with Gasteiger partial charge in [0.2, 0.25) is 0 Å². The molecular formula is C14H12BrNO2. The summed E-state index contributed by atoms with van der Waals surface area (Å²) in [5.74, 6) is -0.179. The monoisotopic (exact) mass is 305 g/mol. The third-order valence-corrected chi connectivity index (χ3v) is 3.04. The summed E-state index contributed by atoms with van der Waals surface area (Å²) in [5, 5.41) is 12.4. The topological polar surface area (TPSA) is 49.3 Å². The summed E-state index contributed by atoms with van der Waals surface area (Å²) in [6.07, 6.45) is 0. The third kappa shape index (κ3) is 2.90. The molecule has 0 bridgehead atoms. The van der Waals surface area contributed by atoms with Crippen LogP contribution in [-0.4, -0.2) is 11.0 Å². The molecule has 0 saturated heterocycles. The predicted octanol–water partition coefficient (Wildman–Crippen LogP) is 3.72. The van der Waals surface area contributed by atoms with Gasteiger partial charge in [-0.15, -0.1) is 0 Å². The molecule has 3 nitrogen and oxygen atoms in total. The summed E-state index contributed by atoms with van der Waals surface area (Å²) in [6.45, 7) is 1.88. The first kappa shape index (κ1) is 12.6. The van der Waals surface area contributed by atoms with E-state index in [-0.39, 0.29) is 11.7 Å². The second-order valence-electron chi connectivity index (χ2n) is 3.98. The Kier molecular flexibility index (Phi) is 3.67. The molecule has 2 aromatic rings. The average Bonchev–Trinajstić information content (AvgIpc) is 2.33. The molecule has 0 fully saturated rings. The van der Waals surface area contributed by atoms with Gasteiger partial charge in [-0.2, -0.15) is 0 Å². The van der Waals surface area contributed by atoms with E-state index in [2.05, 4.69) is 21.2 Å². The molecule has 1 amide bonds. The molecule has 0 spiro atoms. The summed E-state index contributed by atoms with van der Waals surface area (Å²) in [4.78, 5) is 11.9. The van der Waals surface area contributed by atoms with Crippen molar-refractivity contribution < 1.29 is 9.90 Å². The van der Waals surface area contributed by atoms with E-state index in [9.17, 15) is 9.90 Å². The highest BCUT2D eigenvalue weighted by Crippen LogP contribution is 2.24. The van der Waals surface area contributed by atoms with Crippen LogP contribution in [0.3, 0.4) is 0 Å². The summed E-state index contributed by atoms with van der Waals surface area (Å²) >= 11 is 3.31. The smallest absolute Gasteiger partial charge is 0.255 e. The highest BCUT2D eigenvalue weighted by molar-refractivity contribution is 9.10. The van der Waals surface area contributed by atoms with Crippen LogP contribution in [0.1, 0.15) is 15.9 Å². The van der Waals surface area contributed by atoms with Crippen LogP contribution in [0.25, 0.3) is 0 Å². The zero-order valence-electron chi connectivity index (χ0n) is 9.77. The van der Waals surface area contributed by atoms with Crippen molar-refractivity contribution >= 4 is 27.5 Å². The van der Waals surface area contributed by atoms with E-state index in [1.54, 1.807) is 36.4 Å². The third-order valence-electron chi connectivity index (χ3n) is 2.51. The Morgan fingerprint density at radius 1 is 1.17 bits per heavy atom. The molecule has 0 aromatic heterocycles. The van der Waals surface area contributed by atoms with Crippen molar-refractivity contribution in [2.24, 2.45) is 0 Å². The van der Waals surface area contributed by atoms with Crippen molar-refractivity contribution in [1.29, 1.82) is 0 Å². The van der Waals surface area contributed by atoms with Gasteiger partial charge in [-0.05, 0) is 48.9 Å². The maximum absolute atomic E-state index is 11.9. The van der Waals surface area contributed by atoms with Gasteiger partial charge in [-0.3, -0.25) is 4.79 Å². The fraction of sp³-hybridized carbons (Fsp3) is 0.0714. The number of halogens is 1. The molecule has 18 heavy (non-hydrogen) atoms. The van der Waals surface area contributed by atoms with E-state index in [1.807, 2.05) is 13.0 Å². The minimum atomic E-state index is -0.248. The van der Waals surface area contributed by atoms with Crippen molar-refractivity contribution in [3.63, 3.8) is 0 Å². The number of phenols is 1. The number of hydrogen-bond acceptors (Lipinski definition) is 2. The first-order chi connectivity index (χ1) is 8.56. The van der Waals surface area contributed by atoms with Gasteiger partial charge in [0.25, 0.3) is 5.91 Å². The molecule has 0 heterocycles. The van der Waals surface area contributed by atoms with E-state index in [1.165, 1.54) is 0 Å². The summed E-state index contributed by atoms with van der Waals surface area (Å²) in [6, 6.07) is 12.1. The van der Waals surface area contributed by atoms with Crippen molar-refractivity contribution in [2.45, 2.75) is 6.92 Å². The molecule has 0 atom stereocenters. The molecule has 0 aliphatic rings. The average molecular weight is 306 g/mol. The number of aromatic hydroxyl groups is 1. The molecule has 0 radical (unpaired) electrons. The Morgan fingerprint density at radius 3 is 2.44 bits per heavy atom. The fourth-order valence-corrected chi connectivity index (χ4v) is 1.81. The van der Waals surface area contributed by atoms with Gasteiger partial charge in [0.05, 0.1) is 5.69 Å². The van der Waals surface area contributed by atoms with E-state index >= 15 is 0 Å². The molecule has 92 valence electrons. The Bertz CT molecular complexity index is 579. The van der Waals surface area contributed by atoms with Crippen LogP contribution < -0.4 is 5.32 Å². The second kappa shape index (κ2) is 5.23. The maximum Gasteiger partial charge on any atom is 0.255 e. The molecule has 2 rings (SSSR count). The van der Waals surface area contributed by atoms with Crippen molar-refractivity contribution in [3.8, 4) is 5.75 Å². The van der Waals surface area contributed by atoms with Crippen LogP contribution in [0.15, 0.2) is 46.9 Å². The van der Waals surface area contributed by atoms with Gasteiger partial charge in [0, 0.05) is 10.0 Å². The standard InChI is InChI=1S/C14H12BrNO2/c1-9-2-7-12(13(17)8-9)16-14(18)10-3-5-11(15)6-4-10/h2-8,17H,1H3,(H,16,18). The van der Waals surface area contributed by atoms with Crippen LogP contribution in [0.2, 0.25) is 0 Å². The zero-order chi connectivity index (χ0) is 13.1. The first-order valence-corrected chi connectivity index (χ1v) is 6.22. The summed E-state index contributed by atoms with van der Waals surface area (Å²) in [7, 11) is 0. The minimum Gasteiger partial charge on any atom is -0.506 e. The largest absolute Gasteiger partial charge is 0.506 e. The molecule has 0 saturated carbocycles. The summed E-state index contributed by atoms with van der Waals surface area (Å²) < 4.78 is 0.914. The number of benzene rings is 2. The zero-order valence-corrected chi connectivity index (χ0v) is 11.4. The Labute approximate surface area is 114 Å². The van der Waals surface area contributed by atoms with E-state index < -0.39 is 0 Å². The van der Waals surface area contributed by atoms with E-state index in [0.717, 1.165) is 10.0 Å². The molecule has 2 aromatic carbocycles. The van der Waals surface area contributed by atoms with Crippen molar-refractivity contribution in [3.05, 3.63) is 58.1 Å². The normalized spacial score (nSPS) is 10.1. The molecule has 4 heteroatoms. The lowest BCUT2D eigenvalue weighted by atomic mass is 10.2. The number of phenolic OH excluding ortho intramolecular Hbond substituents is 1. The summed E-state index contributed by atoms with van der Waals surface area (Å²) in [5.41, 5.74) is 1.89. The van der Waals surface area contributed by atoms with E-state index in [4.69, 9.17) is 0 Å². The number of amides is 1. The number of rotatable bonds is 2.